The molecule has 16 heavy (non-hydrogen) atoms. The molecule has 0 N–H and O–H groups in total. The van der Waals surface area contributed by atoms with Crippen LogP contribution in [0.15, 0.2) is 18.2 Å². The second kappa shape index (κ2) is 4.00. The number of ether oxygens (including phenoxy) is 1. The topological polar surface area (TPSA) is 9.23 Å². The SMILES string of the molecule is CCc1ccc(C(F)(F)F)cc1OC1CC1. The van der Waals surface area contributed by atoms with Gasteiger partial charge in [-0.1, -0.05) is 13.0 Å². The van der Waals surface area contributed by atoms with Crippen molar-refractivity contribution in [3.05, 3.63) is 29.3 Å². The third-order valence-electron chi connectivity index (χ3n) is 2.59. The monoisotopic (exact) mass is 230 g/mol. The van der Waals surface area contributed by atoms with E-state index in [1.807, 2.05) is 6.92 Å². The van der Waals surface area contributed by atoms with Gasteiger partial charge in [0.1, 0.15) is 5.75 Å². The summed E-state index contributed by atoms with van der Waals surface area (Å²) < 4.78 is 43.0. The molecule has 0 amide bonds. The molecular weight excluding hydrogens is 217 g/mol. The van der Waals surface area contributed by atoms with E-state index in [4.69, 9.17) is 4.74 Å². The Morgan fingerprint density at radius 2 is 2.00 bits per heavy atom. The van der Waals surface area contributed by atoms with Gasteiger partial charge in [-0.25, -0.2) is 0 Å². The van der Waals surface area contributed by atoms with Crippen molar-refractivity contribution < 1.29 is 17.9 Å². The quantitative estimate of drug-likeness (QED) is 0.767. The van der Waals surface area contributed by atoms with Crippen molar-refractivity contribution in [3.8, 4) is 5.75 Å². The van der Waals surface area contributed by atoms with Crippen LogP contribution in [0.1, 0.15) is 30.9 Å². The van der Waals surface area contributed by atoms with Crippen LogP contribution in [0.3, 0.4) is 0 Å². The summed E-state index contributed by atoms with van der Waals surface area (Å²) in [6.45, 7) is 1.91. The average Bonchev–Trinajstić information content (AvgIpc) is 3.00. The number of aryl methyl sites for hydroxylation is 1. The van der Waals surface area contributed by atoms with Gasteiger partial charge in [-0.15, -0.1) is 0 Å². The second-order valence-corrected chi connectivity index (χ2v) is 3.99. The normalized spacial score (nSPS) is 16.2. The Morgan fingerprint density at radius 1 is 1.31 bits per heavy atom. The summed E-state index contributed by atoms with van der Waals surface area (Å²) in [4.78, 5) is 0. The molecule has 1 aromatic carbocycles. The fraction of sp³-hybridized carbons (Fsp3) is 0.500. The molecule has 0 saturated heterocycles. The highest BCUT2D eigenvalue weighted by atomic mass is 19.4. The predicted octanol–water partition coefficient (Wildman–Crippen LogP) is 3.81. The van der Waals surface area contributed by atoms with Gasteiger partial charge >= 0.3 is 6.18 Å². The van der Waals surface area contributed by atoms with Crippen molar-refractivity contribution in [2.24, 2.45) is 0 Å². The first-order chi connectivity index (χ1) is 7.50. The smallest absolute Gasteiger partial charge is 0.416 e. The van der Waals surface area contributed by atoms with E-state index in [9.17, 15) is 13.2 Å². The molecule has 0 spiro atoms. The lowest BCUT2D eigenvalue weighted by Crippen LogP contribution is -2.07. The zero-order valence-corrected chi connectivity index (χ0v) is 8.97. The van der Waals surface area contributed by atoms with Gasteiger partial charge in [0, 0.05) is 0 Å². The van der Waals surface area contributed by atoms with E-state index in [-0.39, 0.29) is 6.10 Å². The van der Waals surface area contributed by atoms with Crippen molar-refractivity contribution in [2.45, 2.75) is 38.5 Å². The number of benzene rings is 1. The molecule has 0 unspecified atom stereocenters. The summed E-state index contributed by atoms with van der Waals surface area (Å²) in [7, 11) is 0. The lowest BCUT2D eigenvalue weighted by Gasteiger charge is -2.13. The summed E-state index contributed by atoms with van der Waals surface area (Å²) in [6, 6.07) is 3.72. The molecule has 88 valence electrons. The zero-order chi connectivity index (χ0) is 11.8. The van der Waals surface area contributed by atoms with Crippen LogP contribution in [0.2, 0.25) is 0 Å². The fourth-order valence-electron chi connectivity index (χ4n) is 1.50. The van der Waals surface area contributed by atoms with Crippen molar-refractivity contribution in [3.63, 3.8) is 0 Å². The first-order valence-corrected chi connectivity index (χ1v) is 5.37. The number of rotatable bonds is 3. The Balaban J connectivity index is 2.29. The first-order valence-electron chi connectivity index (χ1n) is 5.37. The van der Waals surface area contributed by atoms with Crippen LogP contribution in [-0.2, 0) is 12.6 Å². The van der Waals surface area contributed by atoms with Crippen molar-refractivity contribution in [1.82, 2.24) is 0 Å². The van der Waals surface area contributed by atoms with Crippen LogP contribution in [0.25, 0.3) is 0 Å². The predicted molar refractivity (Wildman–Crippen MR) is 54.5 cm³/mol. The van der Waals surface area contributed by atoms with Crippen LogP contribution in [0, 0.1) is 0 Å². The summed E-state index contributed by atoms with van der Waals surface area (Å²) >= 11 is 0. The molecule has 0 heterocycles. The Bertz CT molecular complexity index is 380. The van der Waals surface area contributed by atoms with Gasteiger partial charge in [0.05, 0.1) is 11.7 Å². The van der Waals surface area contributed by atoms with E-state index >= 15 is 0 Å². The molecule has 1 aromatic rings. The van der Waals surface area contributed by atoms with Crippen LogP contribution >= 0.6 is 0 Å². The number of alkyl halides is 3. The van der Waals surface area contributed by atoms with Gasteiger partial charge in [0.25, 0.3) is 0 Å². The maximum Gasteiger partial charge on any atom is 0.416 e. The number of hydrogen-bond acceptors (Lipinski definition) is 1. The summed E-state index contributed by atoms with van der Waals surface area (Å²) in [5, 5.41) is 0. The molecule has 1 saturated carbocycles. The zero-order valence-electron chi connectivity index (χ0n) is 8.97. The molecule has 1 fully saturated rings. The van der Waals surface area contributed by atoms with E-state index in [1.165, 1.54) is 6.07 Å². The van der Waals surface area contributed by atoms with E-state index in [2.05, 4.69) is 0 Å². The Hall–Kier alpha value is -1.19. The van der Waals surface area contributed by atoms with Crippen molar-refractivity contribution in [2.75, 3.05) is 0 Å². The summed E-state index contributed by atoms with van der Waals surface area (Å²) in [5.41, 5.74) is 0.195. The lowest BCUT2D eigenvalue weighted by molar-refractivity contribution is -0.137. The minimum absolute atomic E-state index is 0.119. The summed E-state index contributed by atoms with van der Waals surface area (Å²) in [5.74, 6) is 0.389. The first kappa shape index (κ1) is 11.3. The second-order valence-electron chi connectivity index (χ2n) is 3.99. The maximum absolute atomic E-state index is 12.5. The van der Waals surface area contributed by atoms with Gasteiger partial charge in [-0.05, 0) is 37.0 Å². The molecule has 4 heteroatoms. The third-order valence-corrected chi connectivity index (χ3v) is 2.59. The van der Waals surface area contributed by atoms with Crippen LogP contribution in [0.4, 0.5) is 13.2 Å². The molecule has 2 rings (SSSR count). The van der Waals surface area contributed by atoms with Crippen molar-refractivity contribution >= 4 is 0 Å². The van der Waals surface area contributed by atoms with Gasteiger partial charge in [0.15, 0.2) is 0 Å². The van der Waals surface area contributed by atoms with E-state index in [1.54, 1.807) is 0 Å². The van der Waals surface area contributed by atoms with Gasteiger partial charge in [0.2, 0.25) is 0 Å². The van der Waals surface area contributed by atoms with Crippen LogP contribution in [0.5, 0.6) is 5.75 Å². The molecule has 0 bridgehead atoms. The molecule has 0 aliphatic heterocycles. The van der Waals surface area contributed by atoms with Gasteiger partial charge < -0.3 is 4.74 Å². The third kappa shape index (κ3) is 2.49. The number of halogens is 3. The Labute approximate surface area is 92.2 Å². The minimum Gasteiger partial charge on any atom is -0.490 e. The molecule has 0 aromatic heterocycles. The molecule has 1 nitrogen and oxygen atoms in total. The summed E-state index contributed by atoms with van der Waals surface area (Å²) in [6.07, 6.45) is -1.61. The molecule has 0 atom stereocenters. The van der Waals surface area contributed by atoms with E-state index in [0.29, 0.717) is 12.2 Å². The van der Waals surface area contributed by atoms with Crippen molar-refractivity contribution in [1.29, 1.82) is 0 Å². The highest BCUT2D eigenvalue weighted by molar-refractivity contribution is 5.39. The fourth-order valence-corrected chi connectivity index (χ4v) is 1.50. The van der Waals surface area contributed by atoms with E-state index < -0.39 is 11.7 Å². The Morgan fingerprint density at radius 3 is 2.50 bits per heavy atom. The minimum atomic E-state index is -4.30. The van der Waals surface area contributed by atoms with Gasteiger partial charge in [-0.2, -0.15) is 13.2 Å². The average molecular weight is 230 g/mol. The molecule has 0 radical (unpaired) electrons. The lowest BCUT2D eigenvalue weighted by atomic mass is 10.1. The molecular formula is C12H13F3O. The van der Waals surface area contributed by atoms with Crippen LogP contribution in [-0.4, -0.2) is 6.10 Å². The maximum atomic E-state index is 12.5. The molecule has 1 aliphatic carbocycles. The Kier molecular flexibility index (Phi) is 2.82. The highest BCUT2D eigenvalue weighted by Gasteiger charge is 2.32. The number of hydrogen-bond donors (Lipinski definition) is 0. The molecule has 1 aliphatic rings. The van der Waals surface area contributed by atoms with Crippen LogP contribution < -0.4 is 4.74 Å². The highest BCUT2D eigenvalue weighted by Crippen LogP contribution is 2.35. The standard InChI is InChI=1S/C12H13F3O/c1-2-8-3-4-9(12(13,14)15)7-11(8)16-10-5-6-10/h3-4,7,10H,2,5-6H2,1H3. The van der Waals surface area contributed by atoms with E-state index in [0.717, 1.165) is 30.5 Å². The largest absolute Gasteiger partial charge is 0.490 e. The van der Waals surface area contributed by atoms with Gasteiger partial charge in [-0.3, -0.25) is 0 Å².